The fraction of sp³-hybridized carbons (Fsp3) is 0.333. The average molecular weight is 258 g/mol. The van der Waals surface area contributed by atoms with Gasteiger partial charge in [0.2, 0.25) is 0 Å². The molecule has 0 amide bonds. The molecule has 0 fully saturated rings. The maximum Gasteiger partial charge on any atom is 0.284 e. The molecular weight excluding hydrogens is 240 g/mol. The number of hydrogen-bond acceptors (Lipinski definition) is 3. The molecule has 0 bridgehead atoms. The van der Waals surface area contributed by atoms with Gasteiger partial charge in [-0.05, 0) is 57.0 Å². The van der Waals surface area contributed by atoms with Crippen molar-refractivity contribution in [3.05, 3.63) is 46.8 Å². The minimum Gasteiger partial charge on any atom is -0.484 e. The maximum atomic E-state index is 12.0. The first-order chi connectivity index (χ1) is 8.97. The van der Waals surface area contributed by atoms with Crippen molar-refractivity contribution >= 4 is 5.91 Å². The van der Waals surface area contributed by atoms with Crippen molar-refractivity contribution in [3.63, 3.8) is 0 Å². The summed E-state index contributed by atoms with van der Waals surface area (Å²) in [5, 5.41) is 4.14. The summed E-state index contributed by atoms with van der Waals surface area (Å²) in [6.07, 6.45) is 0. The van der Waals surface area contributed by atoms with Crippen LogP contribution in [0.1, 0.15) is 27.3 Å². The first-order valence-corrected chi connectivity index (χ1v) is 6.24. The quantitative estimate of drug-likeness (QED) is 0.850. The van der Waals surface area contributed by atoms with Crippen LogP contribution >= 0.6 is 0 Å². The highest BCUT2D eigenvalue weighted by atomic mass is 16.5. The van der Waals surface area contributed by atoms with E-state index in [9.17, 15) is 4.79 Å². The summed E-state index contributed by atoms with van der Waals surface area (Å²) in [4.78, 5) is 12.0. The smallest absolute Gasteiger partial charge is 0.284 e. The monoisotopic (exact) mass is 258 g/mol. The minimum atomic E-state index is -0.163. The zero-order chi connectivity index (χ0) is 14.0. The Kier molecular flexibility index (Phi) is 3.69. The Morgan fingerprint density at radius 1 is 1.16 bits per heavy atom. The highest BCUT2D eigenvalue weighted by Crippen LogP contribution is 2.16. The molecule has 2 rings (SSSR count). The first kappa shape index (κ1) is 13.3. The molecule has 0 aliphatic heterocycles. The van der Waals surface area contributed by atoms with Crippen LogP contribution in [0, 0.1) is 27.7 Å². The molecule has 2 aromatic rings. The Bertz CT molecular complexity index is 615. The van der Waals surface area contributed by atoms with E-state index in [4.69, 9.17) is 4.74 Å². The van der Waals surface area contributed by atoms with E-state index in [-0.39, 0.29) is 12.5 Å². The van der Waals surface area contributed by atoms with Crippen molar-refractivity contribution in [3.8, 4) is 5.75 Å². The van der Waals surface area contributed by atoms with Gasteiger partial charge in [0, 0.05) is 5.69 Å². The lowest BCUT2D eigenvalue weighted by molar-refractivity contribution is 0.0818. The highest BCUT2D eigenvalue weighted by Gasteiger charge is 2.10. The van der Waals surface area contributed by atoms with Crippen molar-refractivity contribution in [1.29, 1.82) is 0 Å². The van der Waals surface area contributed by atoms with Gasteiger partial charge in [0.1, 0.15) is 5.75 Å². The van der Waals surface area contributed by atoms with Gasteiger partial charge in [-0.1, -0.05) is 6.07 Å². The summed E-state index contributed by atoms with van der Waals surface area (Å²) in [5.41, 5.74) is 4.01. The van der Waals surface area contributed by atoms with Crippen LogP contribution in [0.25, 0.3) is 0 Å². The molecule has 0 saturated carbocycles. The number of carbonyl (C=O) groups excluding carboxylic acids is 1. The number of rotatable bonds is 3. The topological polar surface area (TPSA) is 44.1 Å². The molecule has 100 valence electrons. The second-order valence-electron chi connectivity index (χ2n) is 4.77. The number of aryl methyl sites for hydroxylation is 4. The standard InChI is InChI=1S/C15H18N2O2/c1-10-5-6-14(7-11(10)2)19-9-15(18)17-13(4)8-12(3)16-17/h5-8H,9H2,1-4H3. The summed E-state index contributed by atoms with van der Waals surface area (Å²) in [7, 11) is 0. The largest absolute Gasteiger partial charge is 0.484 e. The van der Waals surface area contributed by atoms with E-state index in [1.54, 1.807) is 0 Å². The van der Waals surface area contributed by atoms with Crippen molar-refractivity contribution in [2.75, 3.05) is 6.61 Å². The molecule has 4 nitrogen and oxygen atoms in total. The maximum absolute atomic E-state index is 12.0. The third-order valence-electron chi connectivity index (χ3n) is 3.09. The predicted octanol–water partition coefficient (Wildman–Crippen LogP) is 2.84. The first-order valence-electron chi connectivity index (χ1n) is 6.24. The molecule has 0 N–H and O–H groups in total. The number of nitrogens with zero attached hydrogens (tertiary/aromatic N) is 2. The number of hydrogen-bond donors (Lipinski definition) is 0. The SMILES string of the molecule is Cc1cc(C)n(C(=O)COc2ccc(C)c(C)c2)n1. The van der Waals surface area contributed by atoms with Crippen molar-refractivity contribution < 1.29 is 9.53 Å². The van der Waals surface area contributed by atoms with Crippen LogP contribution < -0.4 is 4.74 Å². The Balaban J connectivity index is 2.04. The van der Waals surface area contributed by atoms with E-state index in [2.05, 4.69) is 5.10 Å². The Hall–Kier alpha value is -2.10. The molecule has 1 heterocycles. The fourth-order valence-electron chi connectivity index (χ4n) is 1.89. The van der Waals surface area contributed by atoms with Crippen molar-refractivity contribution in [2.45, 2.75) is 27.7 Å². The molecule has 0 saturated heterocycles. The van der Waals surface area contributed by atoms with Gasteiger partial charge in [0.25, 0.3) is 5.91 Å². The van der Waals surface area contributed by atoms with Gasteiger partial charge in [0.05, 0.1) is 5.69 Å². The second kappa shape index (κ2) is 5.26. The normalized spacial score (nSPS) is 10.5. The lowest BCUT2D eigenvalue weighted by Crippen LogP contribution is -2.21. The lowest BCUT2D eigenvalue weighted by atomic mass is 10.1. The van der Waals surface area contributed by atoms with Gasteiger partial charge >= 0.3 is 0 Å². The fourth-order valence-corrected chi connectivity index (χ4v) is 1.89. The zero-order valence-electron chi connectivity index (χ0n) is 11.7. The third-order valence-corrected chi connectivity index (χ3v) is 3.09. The van der Waals surface area contributed by atoms with Gasteiger partial charge in [-0.25, -0.2) is 4.68 Å². The molecule has 4 heteroatoms. The molecular formula is C15H18N2O2. The molecule has 0 aliphatic rings. The average Bonchev–Trinajstić information content (AvgIpc) is 2.70. The third kappa shape index (κ3) is 3.02. The van der Waals surface area contributed by atoms with Crippen LogP contribution in [0.2, 0.25) is 0 Å². The van der Waals surface area contributed by atoms with Gasteiger partial charge in [-0.15, -0.1) is 0 Å². The molecule has 1 aromatic carbocycles. The van der Waals surface area contributed by atoms with Crippen LogP contribution in [0.3, 0.4) is 0 Å². The zero-order valence-corrected chi connectivity index (χ0v) is 11.7. The second-order valence-corrected chi connectivity index (χ2v) is 4.77. The number of carbonyl (C=O) groups is 1. The Morgan fingerprint density at radius 3 is 2.47 bits per heavy atom. The minimum absolute atomic E-state index is 0.00946. The van der Waals surface area contributed by atoms with Gasteiger partial charge in [0.15, 0.2) is 6.61 Å². The summed E-state index contributed by atoms with van der Waals surface area (Å²) in [5.74, 6) is 0.543. The molecule has 0 spiro atoms. The van der Waals surface area contributed by atoms with Crippen molar-refractivity contribution in [1.82, 2.24) is 9.78 Å². The summed E-state index contributed by atoms with van der Waals surface area (Å²) in [6, 6.07) is 7.66. The van der Waals surface area contributed by atoms with Crippen LogP contribution in [0.4, 0.5) is 0 Å². The van der Waals surface area contributed by atoms with E-state index >= 15 is 0 Å². The van der Waals surface area contributed by atoms with E-state index in [1.165, 1.54) is 10.2 Å². The van der Waals surface area contributed by atoms with E-state index in [1.807, 2.05) is 52.0 Å². The van der Waals surface area contributed by atoms with Crippen molar-refractivity contribution in [2.24, 2.45) is 0 Å². The molecule has 0 atom stereocenters. The highest BCUT2D eigenvalue weighted by molar-refractivity contribution is 5.80. The Labute approximate surface area is 113 Å². The molecule has 0 radical (unpaired) electrons. The Morgan fingerprint density at radius 2 is 1.89 bits per heavy atom. The number of benzene rings is 1. The lowest BCUT2D eigenvalue weighted by Gasteiger charge is -2.08. The van der Waals surface area contributed by atoms with Crippen LogP contribution in [-0.2, 0) is 0 Å². The van der Waals surface area contributed by atoms with Gasteiger partial charge in [-0.2, -0.15) is 5.10 Å². The van der Waals surface area contributed by atoms with Gasteiger partial charge < -0.3 is 4.74 Å². The molecule has 0 unspecified atom stereocenters. The van der Waals surface area contributed by atoms with E-state index in [0.29, 0.717) is 5.75 Å². The van der Waals surface area contributed by atoms with Gasteiger partial charge in [-0.3, -0.25) is 4.79 Å². The summed E-state index contributed by atoms with van der Waals surface area (Å²) in [6.45, 7) is 7.77. The van der Waals surface area contributed by atoms with Crippen LogP contribution in [-0.4, -0.2) is 22.3 Å². The van der Waals surface area contributed by atoms with E-state index < -0.39 is 0 Å². The van der Waals surface area contributed by atoms with Crippen LogP contribution in [0.5, 0.6) is 5.75 Å². The predicted molar refractivity (Wildman–Crippen MR) is 73.7 cm³/mol. The molecule has 19 heavy (non-hydrogen) atoms. The van der Waals surface area contributed by atoms with Crippen LogP contribution in [0.15, 0.2) is 24.3 Å². The molecule has 0 aliphatic carbocycles. The number of aromatic nitrogens is 2. The molecule has 1 aromatic heterocycles. The summed E-state index contributed by atoms with van der Waals surface area (Å²) >= 11 is 0. The number of ether oxygens (including phenoxy) is 1. The summed E-state index contributed by atoms with van der Waals surface area (Å²) < 4.78 is 6.90. The van der Waals surface area contributed by atoms with E-state index in [0.717, 1.165) is 17.0 Å².